The van der Waals surface area contributed by atoms with E-state index in [2.05, 4.69) is 44.9 Å². The molecule has 0 aromatic carbocycles. The average Bonchev–Trinajstić information content (AvgIpc) is 2.30. The topological polar surface area (TPSA) is 0 Å². The van der Waals surface area contributed by atoms with Crippen LogP contribution in [-0.4, -0.2) is 16.9 Å². The van der Waals surface area contributed by atoms with Crippen LogP contribution in [0.15, 0.2) is 16.5 Å². The van der Waals surface area contributed by atoms with Crippen LogP contribution in [0, 0.1) is 6.08 Å². The van der Waals surface area contributed by atoms with Crippen molar-refractivity contribution in [2.45, 2.75) is 39.2 Å². The molecule has 0 aliphatic heterocycles. The summed E-state index contributed by atoms with van der Waals surface area (Å²) in [5, 5.41) is 3.33. The van der Waals surface area contributed by atoms with E-state index in [0.29, 0.717) is 0 Å². The molecule has 1 radical (unpaired) electrons. The Morgan fingerprint density at radius 1 is 1.33 bits per heavy atom. The van der Waals surface area contributed by atoms with E-state index in [1.165, 1.54) is 0 Å². The quantitative estimate of drug-likeness (QED) is 0.594. The maximum Gasteiger partial charge on any atom is 0.0778 e. The minimum atomic E-state index is -1.08. The molecule has 1 aliphatic rings. The number of hydrogen-bond donors (Lipinski definition) is 0. The molecule has 1 aliphatic carbocycles. The number of allylic oxidation sites excluding steroid dienone is 4. The molecular formula is C10H19Si2. The normalized spacial score (nSPS) is 18.2. The molecule has 0 bridgehead atoms. The predicted octanol–water partition coefficient (Wildman–Crippen LogP) is 2.95. The molecule has 0 fully saturated rings. The third kappa shape index (κ3) is 1.99. The van der Waals surface area contributed by atoms with Crippen LogP contribution >= 0.6 is 0 Å². The first-order valence-corrected chi connectivity index (χ1v) is 11.1. The second-order valence-electron chi connectivity index (χ2n) is 4.82. The lowest BCUT2D eigenvalue weighted by molar-refractivity contribution is 1.39. The first-order valence-electron chi connectivity index (χ1n) is 4.74. The zero-order valence-corrected chi connectivity index (χ0v) is 11.0. The van der Waals surface area contributed by atoms with Gasteiger partial charge in [-0.3, -0.25) is 0 Å². The van der Waals surface area contributed by atoms with E-state index in [1.807, 2.05) is 0 Å². The van der Waals surface area contributed by atoms with Gasteiger partial charge < -0.3 is 0 Å². The summed E-state index contributed by atoms with van der Waals surface area (Å²) in [6.45, 7) is 12.1. The monoisotopic (exact) mass is 195 g/mol. The van der Waals surface area contributed by atoms with Crippen molar-refractivity contribution in [1.82, 2.24) is 0 Å². The highest BCUT2D eigenvalue weighted by Gasteiger charge is 2.26. The van der Waals surface area contributed by atoms with Gasteiger partial charge >= 0.3 is 0 Å². The fraction of sp³-hybridized carbons (Fsp3) is 0.600. The van der Waals surface area contributed by atoms with Crippen LogP contribution in [0.1, 0.15) is 6.42 Å². The molecule has 0 N–H and O–H groups in total. The van der Waals surface area contributed by atoms with Crippen molar-refractivity contribution in [3.63, 3.8) is 0 Å². The Kier molecular flexibility index (Phi) is 2.78. The lowest BCUT2D eigenvalue weighted by atomic mass is 10.5. The van der Waals surface area contributed by atoms with Crippen molar-refractivity contribution in [3.05, 3.63) is 22.5 Å². The van der Waals surface area contributed by atoms with Gasteiger partial charge in [0.1, 0.15) is 0 Å². The van der Waals surface area contributed by atoms with Gasteiger partial charge in [0.2, 0.25) is 0 Å². The minimum absolute atomic E-state index is 0.584. The second kappa shape index (κ2) is 3.34. The summed E-state index contributed by atoms with van der Waals surface area (Å²) in [6.07, 6.45) is 7.04. The summed E-state index contributed by atoms with van der Waals surface area (Å²) in [4.78, 5) is 0. The summed E-state index contributed by atoms with van der Waals surface area (Å²) >= 11 is 0. The third-order valence-corrected chi connectivity index (χ3v) is 6.28. The molecular weight excluding hydrogens is 176 g/mol. The van der Waals surface area contributed by atoms with Gasteiger partial charge in [-0.25, -0.2) is 0 Å². The largest absolute Gasteiger partial charge is 0.0813 e. The predicted molar refractivity (Wildman–Crippen MR) is 61.7 cm³/mol. The number of hydrogen-bond acceptors (Lipinski definition) is 0. The fourth-order valence-electron chi connectivity index (χ4n) is 1.69. The molecule has 0 saturated heterocycles. The minimum Gasteiger partial charge on any atom is -0.0813 e. The SMILES string of the molecule is C[SiH](C)C1=CC[C]=C1[Si](C)(C)C. The van der Waals surface area contributed by atoms with Gasteiger partial charge in [0, 0.05) is 0 Å². The Morgan fingerprint density at radius 3 is 2.25 bits per heavy atom. The van der Waals surface area contributed by atoms with Crippen molar-refractivity contribution in [3.8, 4) is 0 Å². The van der Waals surface area contributed by atoms with Gasteiger partial charge in [-0.15, -0.1) is 0 Å². The molecule has 0 amide bonds. The van der Waals surface area contributed by atoms with Gasteiger partial charge in [-0.05, 0) is 12.5 Å². The zero-order chi connectivity index (χ0) is 9.35. The second-order valence-corrected chi connectivity index (χ2v) is 12.8. The van der Waals surface area contributed by atoms with Crippen LogP contribution < -0.4 is 0 Å². The Bertz CT molecular complexity index is 229. The highest BCUT2D eigenvalue weighted by molar-refractivity contribution is 6.87. The molecule has 0 aromatic rings. The molecule has 67 valence electrons. The summed E-state index contributed by atoms with van der Waals surface area (Å²) in [5.74, 6) is 0. The third-order valence-electron chi connectivity index (χ3n) is 2.26. The van der Waals surface area contributed by atoms with E-state index < -0.39 is 16.9 Å². The summed E-state index contributed by atoms with van der Waals surface area (Å²) in [7, 11) is -1.66. The number of rotatable bonds is 2. The highest BCUT2D eigenvalue weighted by atomic mass is 28.3. The Morgan fingerprint density at radius 2 is 1.92 bits per heavy atom. The highest BCUT2D eigenvalue weighted by Crippen LogP contribution is 2.29. The molecule has 0 spiro atoms. The van der Waals surface area contributed by atoms with E-state index in [-0.39, 0.29) is 0 Å². The standard InChI is InChI=1S/C10H19Si2/c1-11(2)9-7-6-8-10(9)12(3,4)5/h7,11H,6H2,1-5H3. The Balaban J connectivity index is 2.88. The van der Waals surface area contributed by atoms with E-state index >= 15 is 0 Å². The van der Waals surface area contributed by atoms with Gasteiger partial charge in [-0.2, -0.15) is 0 Å². The van der Waals surface area contributed by atoms with Gasteiger partial charge in [0.25, 0.3) is 0 Å². The van der Waals surface area contributed by atoms with E-state index in [1.54, 1.807) is 10.4 Å². The van der Waals surface area contributed by atoms with E-state index in [4.69, 9.17) is 0 Å². The molecule has 0 aromatic heterocycles. The van der Waals surface area contributed by atoms with Crippen LogP contribution in [-0.2, 0) is 0 Å². The lowest BCUT2D eigenvalue weighted by Gasteiger charge is -2.22. The van der Waals surface area contributed by atoms with Crippen molar-refractivity contribution in [2.75, 3.05) is 0 Å². The van der Waals surface area contributed by atoms with Crippen molar-refractivity contribution in [1.29, 1.82) is 0 Å². The fourth-order valence-corrected chi connectivity index (χ4v) is 6.72. The molecule has 1 rings (SSSR count). The molecule has 0 nitrogen and oxygen atoms in total. The van der Waals surface area contributed by atoms with Crippen LogP contribution in [0.4, 0.5) is 0 Å². The van der Waals surface area contributed by atoms with Crippen LogP contribution in [0.3, 0.4) is 0 Å². The molecule has 0 heterocycles. The van der Waals surface area contributed by atoms with Crippen LogP contribution in [0.2, 0.25) is 32.7 Å². The van der Waals surface area contributed by atoms with Crippen LogP contribution in [0.25, 0.3) is 0 Å². The van der Waals surface area contributed by atoms with Gasteiger partial charge in [-0.1, -0.05) is 49.2 Å². The van der Waals surface area contributed by atoms with Crippen LogP contribution in [0.5, 0.6) is 0 Å². The van der Waals surface area contributed by atoms with Crippen molar-refractivity contribution >= 4 is 16.9 Å². The Hall–Kier alpha value is -0.0862. The first-order chi connectivity index (χ1) is 5.43. The summed E-state index contributed by atoms with van der Waals surface area (Å²) in [5.41, 5.74) is 0. The molecule has 0 saturated carbocycles. The summed E-state index contributed by atoms with van der Waals surface area (Å²) < 4.78 is 0. The smallest absolute Gasteiger partial charge is 0.0778 e. The Labute approximate surface area is 79.0 Å². The van der Waals surface area contributed by atoms with Crippen molar-refractivity contribution < 1.29 is 0 Å². The van der Waals surface area contributed by atoms with Gasteiger partial charge in [0.15, 0.2) is 0 Å². The first kappa shape index (κ1) is 10.00. The maximum atomic E-state index is 3.55. The lowest BCUT2D eigenvalue weighted by Crippen LogP contribution is -2.27. The van der Waals surface area contributed by atoms with E-state index in [9.17, 15) is 0 Å². The maximum absolute atomic E-state index is 3.55. The van der Waals surface area contributed by atoms with Crippen molar-refractivity contribution in [2.24, 2.45) is 0 Å². The molecule has 0 unspecified atom stereocenters. The van der Waals surface area contributed by atoms with E-state index in [0.717, 1.165) is 6.42 Å². The summed E-state index contributed by atoms with van der Waals surface area (Å²) in [6, 6.07) is 0. The zero-order valence-electron chi connectivity index (χ0n) is 8.86. The average molecular weight is 195 g/mol. The molecule has 2 heteroatoms. The molecule has 12 heavy (non-hydrogen) atoms. The van der Waals surface area contributed by atoms with Gasteiger partial charge in [0.05, 0.1) is 16.9 Å². The molecule has 0 atom stereocenters.